The molecule has 0 aliphatic heterocycles. The number of para-hydroxylation sites is 1. The van der Waals surface area contributed by atoms with Gasteiger partial charge in [-0.1, -0.05) is 12.1 Å². The smallest absolute Gasteiger partial charge is 0.148 e. The predicted molar refractivity (Wildman–Crippen MR) is 90.2 cm³/mol. The van der Waals surface area contributed by atoms with E-state index in [-0.39, 0.29) is 11.7 Å². The average molecular weight is 335 g/mol. The summed E-state index contributed by atoms with van der Waals surface area (Å²) >= 11 is 0. The molecule has 2 atom stereocenters. The molecule has 0 spiro atoms. The maximum Gasteiger partial charge on any atom is 0.148 e. The molecule has 1 heterocycles. The molecule has 3 rings (SSSR count). The van der Waals surface area contributed by atoms with Crippen LogP contribution in [-0.2, 0) is 17.4 Å². The Hall–Kier alpha value is -1.53. The molecule has 2 aromatic rings. The molecule has 1 aliphatic carbocycles. The lowest BCUT2D eigenvalue weighted by atomic mass is 9.81. The molecule has 23 heavy (non-hydrogen) atoms. The number of hydrogen-bond donors (Lipinski definition) is 1. The Balaban J connectivity index is 1.96. The summed E-state index contributed by atoms with van der Waals surface area (Å²) in [5, 5.41) is 10.0. The average Bonchev–Trinajstić information content (AvgIpc) is 2.92. The molecule has 0 saturated carbocycles. The van der Waals surface area contributed by atoms with Crippen molar-refractivity contribution in [1.29, 1.82) is 0 Å². The minimum absolute atomic E-state index is 0.266. The molecule has 1 aromatic carbocycles. The number of aromatic nitrogens is 2. The summed E-state index contributed by atoms with van der Waals surface area (Å²) < 4.78 is 27.1. The summed E-state index contributed by atoms with van der Waals surface area (Å²) in [4.78, 5) is 0. The van der Waals surface area contributed by atoms with Crippen molar-refractivity contribution >= 4 is 11.0 Å². The van der Waals surface area contributed by atoms with E-state index in [4.69, 9.17) is 5.14 Å². The van der Waals surface area contributed by atoms with Crippen molar-refractivity contribution in [2.45, 2.75) is 50.2 Å². The Bertz CT molecular complexity index is 741. The van der Waals surface area contributed by atoms with Crippen LogP contribution in [0.5, 0.6) is 0 Å². The van der Waals surface area contributed by atoms with Crippen molar-refractivity contribution in [2.75, 3.05) is 0 Å². The van der Waals surface area contributed by atoms with Crippen molar-refractivity contribution < 1.29 is 8.60 Å². The Labute approximate surface area is 138 Å². The number of rotatable bonds is 4. The highest BCUT2D eigenvalue weighted by molar-refractivity contribution is 7.84. The van der Waals surface area contributed by atoms with E-state index in [0.29, 0.717) is 5.69 Å². The van der Waals surface area contributed by atoms with Crippen molar-refractivity contribution in [1.82, 2.24) is 9.78 Å². The van der Waals surface area contributed by atoms with Gasteiger partial charge in [0.25, 0.3) is 0 Å². The van der Waals surface area contributed by atoms with E-state index in [1.807, 2.05) is 26.1 Å². The molecule has 0 bridgehead atoms. The standard InChI is InChI=1S/C17H22FN3OS/c1-17(2,23(19)22)10-12-6-5-9-15-13(12)11-20-21(15)16-8-4-3-7-14(16)18/h3-4,7-8,11-12H,5-6,9-10,19H2,1-2H3/t12-,23?/m0/s1. The third kappa shape index (κ3) is 3.10. The summed E-state index contributed by atoms with van der Waals surface area (Å²) in [7, 11) is -1.37. The van der Waals surface area contributed by atoms with Crippen molar-refractivity contribution in [2.24, 2.45) is 5.14 Å². The van der Waals surface area contributed by atoms with Gasteiger partial charge in [-0.05, 0) is 63.1 Å². The van der Waals surface area contributed by atoms with Gasteiger partial charge in [0, 0.05) is 5.69 Å². The molecule has 4 nitrogen and oxygen atoms in total. The maximum atomic E-state index is 14.1. The molecule has 124 valence electrons. The molecule has 0 fully saturated rings. The largest absolute Gasteiger partial charge is 0.251 e. The van der Waals surface area contributed by atoms with Crippen LogP contribution in [-0.4, -0.2) is 18.7 Å². The summed E-state index contributed by atoms with van der Waals surface area (Å²) in [6.07, 6.45) is 5.50. The molecule has 0 radical (unpaired) electrons. The third-order valence-corrected chi connectivity index (χ3v) is 5.93. The van der Waals surface area contributed by atoms with E-state index in [1.165, 1.54) is 6.07 Å². The van der Waals surface area contributed by atoms with Crippen LogP contribution in [0.1, 0.15) is 50.3 Å². The Morgan fingerprint density at radius 3 is 2.87 bits per heavy atom. The number of fused-ring (bicyclic) bond motifs is 1. The van der Waals surface area contributed by atoms with Gasteiger partial charge in [-0.3, -0.25) is 5.14 Å². The zero-order valence-corrected chi connectivity index (χ0v) is 14.3. The van der Waals surface area contributed by atoms with Crippen LogP contribution in [0.3, 0.4) is 0 Å². The van der Waals surface area contributed by atoms with Crippen LogP contribution < -0.4 is 5.14 Å². The van der Waals surface area contributed by atoms with Gasteiger partial charge in [0.05, 0.1) is 21.9 Å². The number of benzene rings is 1. The molecule has 0 amide bonds. The molecule has 6 heteroatoms. The van der Waals surface area contributed by atoms with Crippen molar-refractivity contribution in [3.63, 3.8) is 0 Å². The van der Waals surface area contributed by atoms with Crippen LogP contribution in [0.25, 0.3) is 5.69 Å². The van der Waals surface area contributed by atoms with Gasteiger partial charge in [0.2, 0.25) is 0 Å². The Morgan fingerprint density at radius 2 is 2.17 bits per heavy atom. The quantitative estimate of drug-likeness (QED) is 0.932. The first kappa shape index (κ1) is 16.3. The SMILES string of the molecule is CC(C)(C[C@@H]1CCCc2c1cnn2-c1ccccc1F)S(N)=O. The summed E-state index contributed by atoms with van der Waals surface area (Å²) in [6.45, 7) is 3.86. The van der Waals surface area contributed by atoms with Gasteiger partial charge < -0.3 is 0 Å². The van der Waals surface area contributed by atoms with Crippen LogP contribution >= 0.6 is 0 Å². The number of nitrogens with two attached hydrogens (primary N) is 1. The molecule has 1 aliphatic rings. The highest BCUT2D eigenvalue weighted by Crippen LogP contribution is 2.38. The molecule has 1 unspecified atom stereocenters. The first-order chi connectivity index (χ1) is 10.9. The molecule has 0 saturated heterocycles. The topological polar surface area (TPSA) is 60.9 Å². The van der Waals surface area contributed by atoms with Gasteiger partial charge in [-0.2, -0.15) is 5.10 Å². The van der Waals surface area contributed by atoms with Crippen LogP contribution in [0.15, 0.2) is 30.5 Å². The van der Waals surface area contributed by atoms with Gasteiger partial charge in [-0.15, -0.1) is 0 Å². The normalized spacial score (nSPS) is 19.4. The second-order valence-electron chi connectivity index (χ2n) is 6.76. The lowest BCUT2D eigenvalue weighted by Gasteiger charge is -2.30. The predicted octanol–water partition coefficient (Wildman–Crippen LogP) is 3.22. The van der Waals surface area contributed by atoms with Crippen LogP contribution in [0.4, 0.5) is 4.39 Å². The lowest BCUT2D eigenvalue weighted by molar-refractivity contribution is 0.458. The summed E-state index contributed by atoms with van der Waals surface area (Å²) in [6, 6.07) is 6.68. The summed E-state index contributed by atoms with van der Waals surface area (Å²) in [5.74, 6) is -0.00862. The number of halogens is 1. The fraction of sp³-hybridized carbons (Fsp3) is 0.471. The van der Waals surface area contributed by atoms with E-state index in [9.17, 15) is 8.60 Å². The molecule has 1 aromatic heterocycles. The maximum absolute atomic E-state index is 14.1. The van der Waals surface area contributed by atoms with E-state index >= 15 is 0 Å². The monoisotopic (exact) mass is 335 g/mol. The Kier molecular flexibility index (Phi) is 4.38. The second-order valence-corrected chi connectivity index (χ2v) is 8.46. The Morgan fingerprint density at radius 1 is 1.43 bits per heavy atom. The molecule has 2 N–H and O–H groups in total. The number of hydrogen-bond acceptors (Lipinski definition) is 2. The fourth-order valence-corrected chi connectivity index (χ4v) is 3.73. The van der Waals surface area contributed by atoms with Gasteiger partial charge >= 0.3 is 0 Å². The van der Waals surface area contributed by atoms with E-state index in [1.54, 1.807) is 16.8 Å². The van der Waals surface area contributed by atoms with Gasteiger partial charge in [0.15, 0.2) is 0 Å². The van der Waals surface area contributed by atoms with Crippen molar-refractivity contribution in [3.8, 4) is 5.69 Å². The number of nitrogens with zero attached hydrogens (tertiary/aromatic N) is 2. The first-order valence-corrected chi connectivity index (χ1v) is 9.09. The fourth-order valence-electron chi connectivity index (χ4n) is 3.37. The van der Waals surface area contributed by atoms with E-state index < -0.39 is 15.7 Å². The summed E-state index contributed by atoms with van der Waals surface area (Å²) in [5.41, 5.74) is 2.68. The highest BCUT2D eigenvalue weighted by atomic mass is 32.2. The molecular formula is C17H22FN3OS. The zero-order chi connectivity index (χ0) is 16.6. The van der Waals surface area contributed by atoms with E-state index in [0.717, 1.165) is 36.9 Å². The van der Waals surface area contributed by atoms with Gasteiger partial charge in [0.1, 0.15) is 11.5 Å². The van der Waals surface area contributed by atoms with E-state index in [2.05, 4.69) is 5.10 Å². The second kappa shape index (κ2) is 6.17. The zero-order valence-electron chi connectivity index (χ0n) is 13.5. The molecular weight excluding hydrogens is 313 g/mol. The third-order valence-electron chi connectivity index (χ3n) is 4.67. The first-order valence-electron chi connectivity index (χ1n) is 7.88. The van der Waals surface area contributed by atoms with Crippen LogP contribution in [0.2, 0.25) is 0 Å². The van der Waals surface area contributed by atoms with Gasteiger partial charge in [-0.25, -0.2) is 13.3 Å². The van der Waals surface area contributed by atoms with Crippen LogP contribution in [0, 0.1) is 5.82 Å². The lowest BCUT2D eigenvalue weighted by Crippen LogP contribution is -2.34. The highest BCUT2D eigenvalue weighted by Gasteiger charge is 2.33. The van der Waals surface area contributed by atoms with Crippen molar-refractivity contribution in [3.05, 3.63) is 47.5 Å². The minimum atomic E-state index is -1.37. The minimum Gasteiger partial charge on any atom is -0.251 e.